The topological polar surface area (TPSA) is 47.6 Å². The first-order valence-corrected chi connectivity index (χ1v) is 9.73. The molecule has 138 valence electrons. The quantitative estimate of drug-likeness (QED) is 0.862. The lowest BCUT2D eigenvalue weighted by molar-refractivity contribution is 0.221. The fourth-order valence-electron chi connectivity index (χ4n) is 3.85. The Bertz CT molecular complexity index is 569. The number of nitrogens with one attached hydrogen (secondary N) is 2. The van der Waals surface area contributed by atoms with Crippen molar-refractivity contribution in [1.29, 1.82) is 0 Å². The van der Waals surface area contributed by atoms with Gasteiger partial charge in [0.2, 0.25) is 0 Å². The molecule has 5 nitrogen and oxygen atoms in total. The van der Waals surface area contributed by atoms with Crippen molar-refractivity contribution < 1.29 is 4.79 Å². The first kappa shape index (κ1) is 18.2. The summed E-state index contributed by atoms with van der Waals surface area (Å²) in [7, 11) is 0. The van der Waals surface area contributed by atoms with Crippen LogP contribution in [-0.2, 0) is 6.54 Å². The first-order valence-electron chi connectivity index (χ1n) is 9.73. The summed E-state index contributed by atoms with van der Waals surface area (Å²) in [5.74, 6) is 0. The molecule has 1 atom stereocenters. The van der Waals surface area contributed by atoms with Crippen LogP contribution in [0.4, 0.5) is 10.5 Å². The molecular weight excluding hydrogens is 312 g/mol. The van der Waals surface area contributed by atoms with Crippen LogP contribution in [0.1, 0.15) is 45.1 Å². The number of amides is 2. The SMILES string of the molecule is CC(C)N1CCC(NC(=O)Nc2cccc(CN3CCCCC3)c2)C1. The normalized spacial score (nSPS) is 22.3. The van der Waals surface area contributed by atoms with Crippen LogP contribution in [0.15, 0.2) is 24.3 Å². The van der Waals surface area contributed by atoms with Gasteiger partial charge < -0.3 is 10.6 Å². The lowest BCUT2D eigenvalue weighted by Gasteiger charge is -2.26. The van der Waals surface area contributed by atoms with E-state index < -0.39 is 0 Å². The van der Waals surface area contributed by atoms with Gasteiger partial charge in [0.25, 0.3) is 0 Å². The Kier molecular flexibility index (Phi) is 6.32. The Morgan fingerprint density at radius 2 is 2.00 bits per heavy atom. The average molecular weight is 345 g/mol. The highest BCUT2D eigenvalue weighted by molar-refractivity contribution is 5.89. The first-order chi connectivity index (χ1) is 12.1. The number of hydrogen-bond acceptors (Lipinski definition) is 3. The maximum Gasteiger partial charge on any atom is 0.319 e. The number of likely N-dealkylation sites (tertiary alicyclic amines) is 2. The number of rotatable bonds is 5. The second-order valence-electron chi connectivity index (χ2n) is 7.71. The van der Waals surface area contributed by atoms with Gasteiger partial charge in [-0.3, -0.25) is 9.80 Å². The van der Waals surface area contributed by atoms with E-state index in [0.29, 0.717) is 6.04 Å². The van der Waals surface area contributed by atoms with Crippen LogP contribution < -0.4 is 10.6 Å². The zero-order valence-corrected chi connectivity index (χ0v) is 15.6. The van der Waals surface area contributed by atoms with Crippen molar-refractivity contribution in [3.05, 3.63) is 29.8 Å². The minimum Gasteiger partial charge on any atom is -0.334 e. The Morgan fingerprint density at radius 1 is 1.20 bits per heavy atom. The lowest BCUT2D eigenvalue weighted by Crippen LogP contribution is -2.40. The van der Waals surface area contributed by atoms with Gasteiger partial charge in [0.1, 0.15) is 0 Å². The third-order valence-electron chi connectivity index (χ3n) is 5.32. The predicted octanol–water partition coefficient (Wildman–Crippen LogP) is 3.28. The molecule has 2 heterocycles. The second kappa shape index (κ2) is 8.68. The highest BCUT2D eigenvalue weighted by Crippen LogP contribution is 2.17. The van der Waals surface area contributed by atoms with E-state index in [1.54, 1.807) is 0 Å². The predicted molar refractivity (Wildman–Crippen MR) is 103 cm³/mol. The molecule has 5 heteroatoms. The Morgan fingerprint density at radius 3 is 2.72 bits per heavy atom. The van der Waals surface area contributed by atoms with Crippen molar-refractivity contribution in [1.82, 2.24) is 15.1 Å². The largest absolute Gasteiger partial charge is 0.334 e. The van der Waals surface area contributed by atoms with Gasteiger partial charge >= 0.3 is 6.03 Å². The van der Waals surface area contributed by atoms with Crippen molar-refractivity contribution in [3.63, 3.8) is 0 Å². The monoisotopic (exact) mass is 344 g/mol. The number of piperidine rings is 1. The van der Waals surface area contributed by atoms with Crippen molar-refractivity contribution in [2.24, 2.45) is 0 Å². The fraction of sp³-hybridized carbons (Fsp3) is 0.650. The molecule has 2 N–H and O–H groups in total. The number of urea groups is 1. The molecule has 2 aliphatic rings. The molecule has 0 bridgehead atoms. The summed E-state index contributed by atoms with van der Waals surface area (Å²) in [6.07, 6.45) is 4.98. The third kappa shape index (κ3) is 5.44. The van der Waals surface area contributed by atoms with Crippen molar-refractivity contribution in [2.75, 3.05) is 31.5 Å². The van der Waals surface area contributed by atoms with Gasteiger partial charge in [-0.2, -0.15) is 0 Å². The number of benzene rings is 1. The summed E-state index contributed by atoms with van der Waals surface area (Å²) in [5, 5.41) is 6.11. The Hall–Kier alpha value is -1.59. The second-order valence-corrected chi connectivity index (χ2v) is 7.71. The molecule has 1 unspecified atom stereocenters. The van der Waals surface area contributed by atoms with E-state index in [4.69, 9.17) is 0 Å². The summed E-state index contributed by atoms with van der Waals surface area (Å²) in [5.41, 5.74) is 2.15. The third-order valence-corrected chi connectivity index (χ3v) is 5.32. The molecule has 1 aromatic rings. The van der Waals surface area contributed by atoms with Gasteiger partial charge in [0.05, 0.1) is 0 Å². The van der Waals surface area contributed by atoms with Crippen LogP contribution in [-0.4, -0.2) is 54.1 Å². The standard InChI is InChI=1S/C20H32N4O/c1-16(2)24-12-9-19(15-24)22-20(25)21-18-8-6-7-17(13-18)14-23-10-4-3-5-11-23/h6-8,13,16,19H,3-5,9-12,14-15H2,1-2H3,(H2,21,22,25). The Balaban J connectivity index is 1.49. The van der Waals surface area contributed by atoms with Gasteiger partial charge in [0.15, 0.2) is 0 Å². The van der Waals surface area contributed by atoms with Crippen molar-refractivity contribution in [2.45, 2.75) is 58.2 Å². The van der Waals surface area contributed by atoms with Crippen molar-refractivity contribution in [3.8, 4) is 0 Å². The smallest absolute Gasteiger partial charge is 0.319 e. The summed E-state index contributed by atoms with van der Waals surface area (Å²) in [6, 6.07) is 8.95. The lowest BCUT2D eigenvalue weighted by atomic mass is 10.1. The van der Waals surface area contributed by atoms with Gasteiger partial charge in [-0.1, -0.05) is 18.6 Å². The molecule has 2 fully saturated rings. The zero-order chi connectivity index (χ0) is 17.6. The molecule has 3 rings (SSSR count). The summed E-state index contributed by atoms with van der Waals surface area (Å²) in [4.78, 5) is 17.2. The van der Waals surface area contributed by atoms with E-state index in [0.717, 1.165) is 31.7 Å². The van der Waals surface area contributed by atoms with Crippen LogP contribution in [0.3, 0.4) is 0 Å². The maximum absolute atomic E-state index is 12.3. The molecular formula is C20H32N4O. The van der Waals surface area contributed by atoms with Gasteiger partial charge in [0, 0.05) is 37.4 Å². The van der Waals surface area contributed by atoms with E-state index in [1.807, 2.05) is 12.1 Å². The van der Waals surface area contributed by atoms with Crippen LogP contribution >= 0.6 is 0 Å². The Labute approximate surface area is 151 Å². The van der Waals surface area contributed by atoms with Gasteiger partial charge in [-0.25, -0.2) is 4.79 Å². The van der Waals surface area contributed by atoms with E-state index in [9.17, 15) is 4.79 Å². The maximum atomic E-state index is 12.3. The minimum absolute atomic E-state index is 0.0919. The molecule has 0 radical (unpaired) electrons. The highest BCUT2D eigenvalue weighted by Gasteiger charge is 2.25. The molecule has 2 amide bonds. The summed E-state index contributed by atoms with van der Waals surface area (Å²) < 4.78 is 0. The van der Waals surface area contributed by atoms with Crippen LogP contribution in [0.5, 0.6) is 0 Å². The van der Waals surface area contributed by atoms with Gasteiger partial charge in [-0.05, 0) is 63.9 Å². The molecule has 2 aliphatic heterocycles. The van der Waals surface area contributed by atoms with Crippen LogP contribution in [0.2, 0.25) is 0 Å². The zero-order valence-electron chi connectivity index (χ0n) is 15.6. The molecule has 0 saturated carbocycles. The molecule has 0 aliphatic carbocycles. The molecule has 0 spiro atoms. The molecule has 1 aromatic carbocycles. The van der Waals surface area contributed by atoms with E-state index >= 15 is 0 Å². The number of hydrogen-bond donors (Lipinski definition) is 2. The number of carbonyl (C=O) groups excluding carboxylic acids is 1. The van der Waals surface area contributed by atoms with E-state index in [2.05, 4.69) is 46.4 Å². The average Bonchev–Trinajstić information content (AvgIpc) is 3.05. The summed E-state index contributed by atoms with van der Waals surface area (Å²) >= 11 is 0. The van der Waals surface area contributed by atoms with E-state index in [1.165, 1.54) is 37.9 Å². The van der Waals surface area contributed by atoms with Crippen LogP contribution in [0, 0.1) is 0 Å². The molecule has 0 aromatic heterocycles. The summed E-state index contributed by atoms with van der Waals surface area (Å²) in [6.45, 7) is 9.77. The molecule has 2 saturated heterocycles. The highest BCUT2D eigenvalue weighted by atomic mass is 16.2. The minimum atomic E-state index is -0.0919. The number of anilines is 1. The molecule has 25 heavy (non-hydrogen) atoms. The van der Waals surface area contributed by atoms with Crippen molar-refractivity contribution >= 4 is 11.7 Å². The number of nitrogens with zero attached hydrogens (tertiary/aromatic N) is 2. The van der Waals surface area contributed by atoms with Gasteiger partial charge in [-0.15, -0.1) is 0 Å². The number of carbonyl (C=O) groups is 1. The van der Waals surface area contributed by atoms with Crippen LogP contribution in [0.25, 0.3) is 0 Å². The fourth-order valence-corrected chi connectivity index (χ4v) is 3.85. The van der Waals surface area contributed by atoms with E-state index in [-0.39, 0.29) is 12.1 Å².